The maximum Gasteiger partial charge on any atom is 0.0725 e. The van der Waals surface area contributed by atoms with Crippen molar-refractivity contribution < 1.29 is 0 Å². The monoisotopic (exact) mass is 843 g/mol. The minimum absolute atomic E-state index is 0.00875. The van der Waals surface area contributed by atoms with Gasteiger partial charge in [-0.1, -0.05) is 198 Å². The van der Waals surface area contributed by atoms with Crippen LogP contribution in [0.25, 0.3) is 55.3 Å². The molecule has 5 aliphatic rings. The molecule has 0 N–H and O–H groups in total. The zero-order valence-corrected chi connectivity index (χ0v) is 37.8. The lowest BCUT2D eigenvalue weighted by molar-refractivity contribution is 0.392. The predicted molar refractivity (Wildman–Crippen MR) is 275 cm³/mol. The van der Waals surface area contributed by atoms with Crippen LogP contribution in [0.4, 0.5) is 11.4 Å². The molecule has 0 fully saturated rings. The van der Waals surface area contributed by atoms with E-state index in [1.54, 1.807) is 0 Å². The molecular weight excluding hydrogens is 795 g/mol. The van der Waals surface area contributed by atoms with Gasteiger partial charge >= 0.3 is 0 Å². The van der Waals surface area contributed by atoms with E-state index in [4.69, 9.17) is 0 Å². The molecular formula is C65H49N. The van der Waals surface area contributed by atoms with Crippen molar-refractivity contribution in [3.8, 4) is 44.5 Å². The van der Waals surface area contributed by atoms with Gasteiger partial charge in [0.1, 0.15) is 0 Å². The van der Waals surface area contributed by atoms with E-state index < -0.39 is 0 Å². The van der Waals surface area contributed by atoms with Crippen molar-refractivity contribution in [3.05, 3.63) is 263 Å². The van der Waals surface area contributed by atoms with E-state index in [-0.39, 0.29) is 16.2 Å². The highest BCUT2D eigenvalue weighted by atomic mass is 15.1. The van der Waals surface area contributed by atoms with Gasteiger partial charge in [0.25, 0.3) is 0 Å². The van der Waals surface area contributed by atoms with Crippen LogP contribution in [-0.4, -0.2) is 0 Å². The van der Waals surface area contributed by atoms with E-state index in [1.165, 1.54) is 117 Å². The summed E-state index contributed by atoms with van der Waals surface area (Å²) in [6.45, 7) is 9.63. The fourth-order valence-electron chi connectivity index (χ4n) is 13.4. The van der Waals surface area contributed by atoms with Crippen molar-refractivity contribution in [2.24, 2.45) is 5.92 Å². The number of rotatable bonds is 4. The number of hydrogen-bond donors (Lipinski definition) is 0. The molecule has 9 aromatic rings. The van der Waals surface area contributed by atoms with Crippen molar-refractivity contribution in [2.45, 2.75) is 49.9 Å². The Labute approximate surface area is 388 Å². The smallest absolute Gasteiger partial charge is 0.0725 e. The lowest BCUT2D eigenvalue weighted by atomic mass is 9.70. The molecule has 0 bridgehead atoms. The molecule has 0 saturated carbocycles. The summed E-state index contributed by atoms with van der Waals surface area (Å²) < 4.78 is 0. The molecule has 0 heterocycles. The van der Waals surface area contributed by atoms with Crippen LogP contribution >= 0.6 is 0 Å². The first-order valence-corrected chi connectivity index (χ1v) is 23.7. The van der Waals surface area contributed by atoms with Crippen LogP contribution in [0.5, 0.6) is 0 Å². The molecule has 1 nitrogen and oxygen atoms in total. The van der Waals surface area contributed by atoms with Gasteiger partial charge in [0.15, 0.2) is 0 Å². The summed E-state index contributed by atoms with van der Waals surface area (Å²) >= 11 is 0. The second kappa shape index (κ2) is 13.3. The second-order valence-electron chi connectivity index (χ2n) is 20.4. The van der Waals surface area contributed by atoms with Crippen molar-refractivity contribution >= 4 is 22.1 Å². The second-order valence-corrected chi connectivity index (χ2v) is 20.4. The molecule has 2 atom stereocenters. The Morgan fingerprint density at radius 2 is 0.879 bits per heavy atom. The normalized spacial score (nSPS) is 18.7. The van der Waals surface area contributed by atoms with Crippen molar-refractivity contribution in [1.29, 1.82) is 0 Å². The van der Waals surface area contributed by atoms with E-state index in [9.17, 15) is 0 Å². The fraction of sp³-hybridized carbons (Fsp3) is 0.138. The molecule has 14 rings (SSSR count). The first-order valence-electron chi connectivity index (χ1n) is 23.7. The Morgan fingerprint density at radius 3 is 1.58 bits per heavy atom. The van der Waals surface area contributed by atoms with Crippen LogP contribution in [-0.2, 0) is 16.2 Å². The van der Waals surface area contributed by atoms with Gasteiger partial charge in [0.05, 0.1) is 5.41 Å². The van der Waals surface area contributed by atoms with E-state index in [0.29, 0.717) is 11.8 Å². The van der Waals surface area contributed by atoms with Gasteiger partial charge < -0.3 is 4.90 Å². The van der Waals surface area contributed by atoms with E-state index >= 15 is 0 Å². The molecule has 9 aromatic carbocycles. The van der Waals surface area contributed by atoms with Crippen LogP contribution in [0.1, 0.15) is 78.1 Å². The van der Waals surface area contributed by atoms with E-state index in [2.05, 4.69) is 245 Å². The number of fused-ring (bicyclic) bond motifs is 17. The fourth-order valence-corrected chi connectivity index (χ4v) is 13.4. The van der Waals surface area contributed by atoms with Gasteiger partial charge in [-0.05, 0) is 154 Å². The number of benzene rings is 9. The van der Waals surface area contributed by atoms with E-state index in [0.717, 1.165) is 0 Å². The topological polar surface area (TPSA) is 3.24 Å². The van der Waals surface area contributed by atoms with Crippen LogP contribution in [0.15, 0.2) is 218 Å². The summed E-state index contributed by atoms with van der Waals surface area (Å²) in [5, 5.41) is 2.46. The Morgan fingerprint density at radius 1 is 0.394 bits per heavy atom. The number of hydrogen-bond acceptors (Lipinski definition) is 1. The lowest BCUT2D eigenvalue weighted by Gasteiger charge is -2.35. The quantitative estimate of drug-likeness (QED) is 0.171. The van der Waals surface area contributed by atoms with E-state index in [1.807, 2.05) is 0 Å². The predicted octanol–water partition coefficient (Wildman–Crippen LogP) is 16.4. The van der Waals surface area contributed by atoms with Gasteiger partial charge in [-0.25, -0.2) is 0 Å². The molecule has 314 valence electrons. The molecule has 0 aromatic heterocycles. The Bertz CT molecular complexity index is 3570. The number of nitrogens with zero attached hydrogens (tertiary/aromatic N) is 1. The highest BCUT2D eigenvalue weighted by Gasteiger charge is 2.51. The maximum absolute atomic E-state index is 2.57. The first-order chi connectivity index (χ1) is 32.2. The molecule has 66 heavy (non-hydrogen) atoms. The minimum Gasteiger partial charge on any atom is -0.311 e. The van der Waals surface area contributed by atoms with Gasteiger partial charge in [-0.15, -0.1) is 0 Å². The molecule has 0 saturated heterocycles. The van der Waals surface area contributed by atoms with Crippen LogP contribution < -0.4 is 4.90 Å². The Hall–Kier alpha value is -7.48. The summed E-state index contributed by atoms with van der Waals surface area (Å²) in [7, 11) is 0. The Kier molecular flexibility index (Phi) is 7.63. The molecule has 5 aliphatic carbocycles. The average Bonchev–Trinajstić information content (AvgIpc) is 3.99. The third kappa shape index (κ3) is 4.90. The van der Waals surface area contributed by atoms with Gasteiger partial charge in [0.2, 0.25) is 0 Å². The largest absolute Gasteiger partial charge is 0.311 e. The molecule has 1 heteroatoms. The SMILES string of the molecule is CC1(C)c2ccccc2-c2ccc(N(C3=CC4C(C=C3)c3ccccc3C4(C)C)c3ccc4cc(-c5ccc6c(c5)C5(c7ccccc7-c7ccccc75)c5ccccc5-6)ccc4c3)cc21. The highest BCUT2D eigenvalue weighted by molar-refractivity contribution is 5.97. The summed E-state index contributed by atoms with van der Waals surface area (Å²) in [6, 6.07) is 73.8. The average molecular weight is 844 g/mol. The molecule has 0 amide bonds. The maximum atomic E-state index is 2.57. The van der Waals surface area contributed by atoms with Crippen molar-refractivity contribution in [3.63, 3.8) is 0 Å². The number of anilines is 2. The lowest BCUT2D eigenvalue weighted by Crippen LogP contribution is -2.28. The first kappa shape index (κ1) is 37.9. The standard InChI is InChI=1S/C65H49N/c1-63(2)55-20-10-5-15-47(55)52-33-30-45(38-60(52)63)66(46-31-34-53-48-16-6-11-21-56(48)64(3,4)61(53)39-46)44-29-27-41-35-40(25-26-42(41)36-44)43-28-32-54-51-19-9-14-24-59(51)65(62(54)37-43)57-22-12-7-17-49(57)50-18-8-13-23-58(50)65/h5-39,52,60H,1-4H3. The molecule has 0 radical (unpaired) electrons. The number of allylic oxidation sites excluding steroid dienone is 3. The summed E-state index contributed by atoms with van der Waals surface area (Å²) in [5.41, 5.74) is 24.8. The van der Waals surface area contributed by atoms with Crippen molar-refractivity contribution in [2.75, 3.05) is 4.90 Å². The van der Waals surface area contributed by atoms with Gasteiger partial charge in [-0.2, -0.15) is 0 Å². The van der Waals surface area contributed by atoms with Gasteiger partial charge in [0, 0.05) is 28.4 Å². The van der Waals surface area contributed by atoms with Gasteiger partial charge in [-0.3, -0.25) is 0 Å². The van der Waals surface area contributed by atoms with Crippen LogP contribution in [0.3, 0.4) is 0 Å². The highest BCUT2D eigenvalue weighted by Crippen LogP contribution is 2.63. The summed E-state index contributed by atoms with van der Waals surface area (Å²) in [6.07, 6.45) is 7.44. The zero-order valence-electron chi connectivity index (χ0n) is 37.8. The summed E-state index contributed by atoms with van der Waals surface area (Å²) in [4.78, 5) is 2.52. The van der Waals surface area contributed by atoms with Crippen molar-refractivity contribution in [1.82, 2.24) is 0 Å². The van der Waals surface area contributed by atoms with Crippen LogP contribution in [0.2, 0.25) is 0 Å². The molecule has 2 unspecified atom stereocenters. The minimum atomic E-state index is -0.362. The Balaban J connectivity index is 0.894. The third-order valence-electron chi connectivity index (χ3n) is 16.6. The molecule has 1 spiro atoms. The molecule has 0 aliphatic heterocycles. The third-order valence-corrected chi connectivity index (χ3v) is 16.6. The zero-order chi connectivity index (χ0) is 44.1. The van der Waals surface area contributed by atoms with Crippen LogP contribution in [0, 0.1) is 5.92 Å². The summed E-state index contributed by atoms with van der Waals surface area (Å²) in [5.74, 6) is 0.715.